The molecule has 0 amide bonds. The fourth-order valence-electron chi connectivity index (χ4n) is 0.914. The molecule has 0 fully saturated rings. The quantitative estimate of drug-likeness (QED) is 0.602. The van der Waals surface area contributed by atoms with E-state index in [0.717, 1.165) is 0 Å². The van der Waals surface area contributed by atoms with Crippen LogP contribution in [0.1, 0.15) is 0 Å². The van der Waals surface area contributed by atoms with Crippen LogP contribution in [0.15, 0.2) is 23.1 Å². The number of para-hydroxylation sites is 1. The van der Waals surface area contributed by atoms with Crippen molar-refractivity contribution in [2.45, 2.75) is 4.90 Å². The Morgan fingerprint density at radius 2 is 2.08 bits per heavy atom. The maximum atomic E-state index is 11.0. The van der Waals surface area contributed by atoms with Crippen LogP contribution in [0, 0.1) is 0 Å². The summed E-state index contributed by atoms with van der Waals surface area (Å²) in [6, 6.07) is 4.38. The van der Waals surface area contributed by atoms with Gasteiger partial charge in [0, 0.05) is 10.7 Å². The molecule has 0 saturated heterocycles. The van der Waals surface area contributed by atoms with Crippen molar-refractivity contribution >= 4 is 25.4 Å². The number of methoxy groups -OCH3 is 1. The summed E-state index contributed by atoms with van der Waals surface area (Å²) in [7, 11) is 2.73. The van der Waals surface area contributed by atoms with E-state index in [4.69, 9.17) is 21.2 Å². The number of rotatable bonds is 2. The molecule has 0 aliphatic carbocycles. The van der Waals surface area contributed by atoms with Crippen molar-refractivity contribution in [2.75, 3.05) is 12.8 Å². The highest BCUT2D eigenvalue weighted by atomic mass is 35.7. The zero-order valence-corrected chi connectivity index (χ0v) is 8.39. The van der Waals surface area contributed by atoms with Crippen molar-refractivity contribution in [3.8, 4) is 5.75 Å². The minimum atomic E-state index is -3.80. The van der Waals surface area contributed by atoms with E-state index >= 15 is 0 Å². The molecule has 0 heterocycles. The van der Waals surface area contributed by atoms with Gasteiger partial charge in [-0.3, -0.25) is 0 Å². The van der Waals surface area contributed by atoms with Gasteiger partial charge in [-0.2, -0.15) is 0 Å². The predicted molar refractivity (Wildman–Crippen MR) is 50.4 cm³/mol. The number of hydrogen-bond acceptors (Lipinski definition) is 4. The third kappa shape index (κ3) is 2.05. The monoisotopic (exact) mass is 221 g/mol. The highest BCUT2D eigenvalue weighted by Gasteiger charge is 2.16. The average Bonchev–Trinajstić information content (AvgIpc) is 2.02. The van der Waals surface area contributed by atoms with Gasteiger partial charge in [-0.1, -0.05) is 6.07 Å². The summed E-state index contributed by atoms with van der Waals surface area (Å²) in [6.07, 6.45) is 0. The molecule has 72 valence electrons. The molecule has 6 heteroatoms. The van der Waals surface area contributed by atoms with Crippen LogP contribution in [0.3, 0.4) is 0 Å². The van der Waals surface area contributed by atoms with Crippen LogP contribution in [-0.4, -0.2) is 15.5 Å². The molecule has 13 heavy (non-hydrogen) atoms. The lowest BCUT2D eigenvalue weighted by atomic mass is 10.3. The molecule has 4 nitrogen and oxygen atoms in total. The SMILES string of the molecule is COc1cccc(S(=O)(=O)Cl)c1N. The molecule has 0 aliphatic heterocycles. The largest absolute Gasteiger partial charge is 0.495 e. The summed E-state index contributed by atoms with van der Waals surface area (Å²) in [4.78, 5) is -0.131. The molecule has 0 bridgehead atoms. The number of nitrogen functional groups attached to an aromatic ring is 1. The Bertz CT molecular complexity index is 416. The van der Waals surface area contributed by atoms with Gasteiger partial charge in [0.1, 0.15) is 10.6 Å². The average molecular weight is 222 g/mol. The van der Waals surface area contributed by atoms with Crippen LogP contribution in [0.2, 0.25) is 0 Å². The maximum Gasteiger partial charge on any atom is 0.263 e. The molecule has 0 aromatic heterocycles. The lowest BCUT2D eigenvalue weighted by molar-refractivity contribution is 0.416. The molecule has 0 saturated carbocycles. The molecular weight excluding hydrogens is 214 g/mol. The van der Waals surface area contributed by atoms with Gasteiger partial charge in [0.05, 0.1) is 12.8 Å². The molecular formula is C7H8ClNO3S. The second-order valence-corrected chi connectivity index (χ2v) is 4.84. The first-order chi connectivity index (χ1) is 5.96. The van der Waals surface area contributed by atoms with Gasteiger partial charge < -0.3 is 10.5 Å². The van der Waals surface area contributed by atoms with Crippen LogP contribution in [0.5, 0.6) is 5.75 Å². The third-order valence-corrected chi connectivity index (χ3v) is 2.89. The number of hydrogen-bond donors (Lipinski definition) is 1. The van der Waals surface area contributed by atoms with Crippen LogP contribution < -0.4 is 10.5 Å². The Labute approximate surface area is 80.7 Å². The molecule has 0 spiro atoms. The summed E-state index contributed by atoms with van der Waals surface area (Å²) >= 11 is 0. The summed E-state index contributed by atoms with van der Waals surface area (Å²) in [6.45, 7) is 0. The van der Waals surface area contributed by atoms with Crippen LogP contribution in [-0.2, 0) is 9.05 Å². The first kappa shape index (κ1) is 10.1. The maximum absolute atomic E-state index is 11.0. The minimum absolute atomic E-state index is 0.0278. The van der Waals surface area contributed by atoms with Crippen molar-refractivity contribution < 1.29 is 13.2 Å². The van der Waals surface area contributed by atoms with Crippen molar-refractivity contribution in [2.24, 2.45) is 0 Å². The molecule has 1 aromatic rings. The van der Waals surface area contributed by atoms with Crippen molar-refractivity contribution in [1.82, 2.24) is 0 Å². The van der Waals surface area contributed by atoms with E-state index in [2.05, 4.69) is 0 Å². The van der Waals surface area contributed by atoms with Gasteiger partial charge in [0.15, 0.2) is 0 Å². The van der Waals surface area contributed by atoms with E-state index in [0.29, 0.717) is 5.75 Å². The van der Waals surface area contributed by atoms with E-state index in [9.17, 15) is 8.42 Å². The Morgan fingerprint density at radius 1 is 1.46 bits per heavy atom. The van der Waals surface area contributed by atoms with Crippen molar-refractivity contribution in [3.63, 3.8) is 0 Å². The number of ether oxygens (including phenoxy) is 1. The fraction of sp³-hybridized carbons (Fsp3) is 0.143. The van der Waals surface area contributed by atoms with Gasteiger partial charge in [0.2, 0.25) is 0 Å². The zero-order chi connectivity index (χ0) is 10.1. The fourth-order valence-corrected chi connectivity index (χ4v) is 1.92. The molecule has 1 rings (SSSR count). The van der Waals surface area contributed by atoms with E-state index in [1.54, 1.807) is 6.07 Å². The van der Waals surface area contributed by atoms with Crippen molar-refractivity contribution in [1.29, 1.82) is 0 Å². The van der Waals surface area contributed by atoms with E-state index in [-0.39, 0.29) is 10.6 Å². The van der Waals surface area contributed by atoms with Crippen LogP contribution in [0.25, 0.3) is 0 Å². The van der Waals surface area contributed by atoms with E-state index in [1.165, 1.54) is 19.2 Å². The van der Waals surface area contributed by atoms with Gasteiger partial charge in [0.25, 0.3) is 9.05 Å². The van der Waals surface area contributed by atoms with Crippen LogP contribution >= 0.6 is 10.7 Å². The van der Waals surface area contributed by atoms with Crippen LogP contribution in [0.4, 0.5) is 5.69 Å². The minimum Gasteiger partial charge on any atom is -0.495 e. The first-order valence-corrected chi connectivity index (χ1v) is 5.65. The Morgan fingerprint density at radius 3 is 2.54 bits per heavy atom. The van der Waals surface area contributed by atoms with Gasteiger partial charge in [-0.05, 0) is 12.1 Å². The molecule has 0 unspecified atom stereocenters. The number of anilines is 1. The summed E-state index contributed by atoms with van der Waals surface area (Å²) in [5, 5.41) is 0. The summed E-state index contributed by atoms with van der Waals surface area (Å²) < 4.78 is 26.7. The lowest BCUT2D eigenvalue weighted by Gasteiger charge is -2.06. The Balaban J connectivity index is 3.41. The predicted octanol–water partition coefficient (Wildman–Crippen LogP) is 1.20. The Hall–Kier alpha value is -0.940. The topological polar surface area (TPSA) is 69.4 Å². The van der Waals surface area contributed by atoms with Crippen molar-refractivity contribution in [3.05, 3.63) is 18.2 Å². The van der Waals surface area contributed by atoms with Gasteiger partial charge in [-0.15, -0.1) is 0 Å². The standard InChI is InChI=1S/C7H8ClNO3S/c1-12-5-3-2-4-6(7(5)9)13(8,10)11/h2-4H,9H2,1H3. The Kier molecular flexibility index (Phi) is 2.68. The van der Waals surface area contributed by atoms with Gasteiger partial charge in [-0.25, -0.2) is 8.42 Å². The summed E-state index contributed by atoms with van der Waals surface area (Å²) in [5.74, 6) is 0.293. The molecule has 1 aromatic carbocycles. The lowest BCUT2D eigenvalue weighted by Crippen LogP contribution is -2.00. The number of halogens is 1. The van der Waals surface area contributed by atoms with E-state index < -0.39 is 9.05 Å². The number of nitrogens with two attached hydrogens (primary N) is 1. The van der Waals surface area contributed by atoms with Gasteiger partial charge >= 0.3 is 0 Å². The normalized spacial score (nSPS) is 11.2. The first-order valence-electron chi connectivity index (χ1n) is 3.34. The second kappa shape index (κ2) is 3.43. The highest BCUT2D eigenvalue weighted by molar-refractivity contribution is 8.13. The molecule has 0 aliphatic rings. The zero-order valence-electron chi connectivity index (χ0n) is 6.82. The molecule has 0 atom stereocenters. The summed E-state index contributed by atoms with van der Waals surface area (Å²) in [5.41, 5.74) is 5.52. The third-order valence-electron chi connectivity index (χ3n) is 1.51. The van der Waals surface area contributed by atoms with E-state index in [1.807, 2.05) is 0 Å². The molecule has 0 radical (unpaired) electrons. The second-order valence-electron chi connectivity index (χ2n) is 2.31. The molecule has 2 N–H and O–H groups in total. The highest BCUT2D eigenvalue weighted by Crippen LogP contribution is 2.30. The smallest absolute Gasteiger partial charge is 0.263 e. The number of benzene rings is 1.